The van der Waals surface area contributed by atoms with Crippen LogP contribution in [0.15, 0.2) is 41.1 Å². The highest BCUT2D eigenvalue weighted by atomic mass is 19.3. The van der Waals surface area contributed by atoms with Gasteiger partial charge in [0.2, 0.25) is 0 Å². The number of allylic oxidation sites excluding steroid dienone is 2. The lowest BCUT2D eigenvalue weighted by molar-refractivity contribution is -0.0499. The molecular weight excluding hydrogens is 298 g/mol. The predicted octanol–water partition coefficient (Wildman–Crippen LogP) is 4.55. The maximum Gasteiger partial charge on any atom is 0.387 e. The van der Waals surface area contributed by atoms with Crippen molar-refractivity contribution in [3.05, 3.63) is 41.6 Å². The van der Waals surface area contributed by atoms with E-state index in [1.165, 1.54) is 18.7 Å². The molecule has 0 aliphatic heterocycles. The van der Waals surface area contributed by atoms with Crippen LogP contribution in [0.5, 0.6) is 5.75 Å². The summed E-state index contributed by atoms with van der Waals surface area (Å²) in [6.45, 7) is 4.02. The number of para-hydroxylation sites is 1. The van der Waals surface area contributed by atoms with Gasteiger partial charge < -0.3 is 4.74 Å². The van der Waals surface area contributed by atoms with Gasteiger partial charge in [-0.25, -0.2) is 0 Å². The Morgan fingerprint density at radius 3 is 2.65 bits per heavy atom. The minimum atomic E-state index is -2.84. The molecule has 0 radical (unpaired) electrons. The third-order valence-corrected chi connectivity index (χ3v) is 5.79. The number of fused-ring (bicyclic) bond motifs is 2. The SMILES string of the molecule is CC1(C)[C@H]2C=C(N/N=C\c3ccccc3OC(F)F)[C@]1(C)CC2. The van der Waals surface area contributed by atoms with Gasteiger partial charge in [0.25, 0.3) is 0 Å². The topological polar surface area (TPSA) is 33.6 Å². The van der Waals surface area contributed by atoms with Crippen molar-refractivity contribution < 1.29 is 13.5 Å². The number of hydrazone groups is 1. The summed E-state index contributed by atoms with van der Waals surface area (Å²) in [5.74, 6) is 0.696. The van der Waals surface area contributed by atoms with Gasteiger partial charge in [0.15, 0.2) is 0 Å². The number of hydrogen-bond acceptors (Lipinski definition) is 3. The molecule has 0 unspecified atom stereocenters. The second kappa shape index (κ2) is 5.62. The van der Waals surface area contributed by atoms with E-state index in [1.807, 2.05) is 0 Å². The Labute approximate surface area is 135 Å². The fourth-order valence-electron chi connectivity index (χ4n) is 3.82. The molecule has 0 amide bonds. The molecule has 1 aromatic rings. The van der Waals surface area contributed by atoms with Gasteiger partial charge in [-0.3, -0.25) is 5.43 Å². The van der Waals surface area contributed by atoms with Crippen molar-refractivity contribution in [3.63, 3.8) is 0 Å². The van der Waals surface area contributed by atoms with Gasteiger partial charge in [-0.05, 0) is 36.3 Å². The van der Waals surface area contributed by atoms with E-state index in [0.29, 0.717) is 11.5 Å². The van der Waals surface area contributed by atoms with Crippen molar-refractivity contribution >= 4 is 6.21 Å². The summed E-state index contributed by atoms with van der Waals surface area (Å²) >= 11 is 0. The molecule has 5 heteroatoms. The van der Waals surface area contributed by atoms with Crippen LogP contribution in [-0.4, -0.2) is 12.8 Å². The normalized spacial score (nSPS) is 28.4. The Kier molecular flexibility index (Phi) is 3.90. The maximum absolute atomic E-state index is 12.4. The van der Waals surface area contributed by atoms with E-state index in [-0.39, 0.29) is 16.6 Å². The third kappa shape index (κ3) is 2.62. The van der Waals surface area contributed by atoms with E-state index < -0.39 is 6.61 Å². The molecule has 0 aromatic heterocycles. The number of nitrogens with one attached hydrogen (secondary N) is 1. The summed E-state index contributed by atoms with van der Waals surface area (Å²) in [7, 11) is 0. The number of nitrogens with zero attached hydrogens (tertiary/aromatic N) is 1. The van der Waals surface area contributed by atoms with Gasteiger partial charge in [0, 0.05) is 16.7 Å². The Morgan fingerprint density at radius 2 is 2.04 bits per heavy atom. The van der Waals surface area contributed by atoms with Gasteiger partial charge >= 0.3 is 6.61 Å². The van der Waals surface area contributed by atoms with Crippen molar-refractivity contribution in [1.29, 1.82) is 0 Å². The van der Waals surface area contributed by atoms with E-state index in [1.54, 1.807) is 18.2 Å². The smallest absolute Gasteiger partial charge is 0.387 e. The minimum absolute atomic E-state index is 0.0913. The van der Waals surface area contributed by atoms with Gasteiger partial charge in [0.1, 0.15) is 5.75 Å². The molecule has 2 aliphatic carbocycles. The second-order valence-electron chi connectivity index (χ2n) is 7.07. The van der Waals surface area contributed by atoms with Gasteiger partial charge in [-0.2, -0.15) is 13.9 Å². The zero-order valence-electron chi connectivity index (χ0n) is 13.6. The van der Waals surface area contributed by atoms with Gasteiger partial charge in [-0.15, -0.1) is 0 Å². The Hall–Kier alpha value is -1.91. The van der Waals surface area contributed by atoms with Crippen LogP contribution in [0.3, 0.4) is 0 Å². The summed E-state index contributed by atoms with van der Waals surface area (Å²) in [5.41, 5.74) is 5.09. The van der Waals surface area contributed by atoms with Crippen molar-refractivity contribution in [1.82, 2.24) is 5.43 Å². The summed E-state index contributed by atoms with van der Waals surface area (Å²) < 4.78 is 29.3. The summed E-state index contributed by atoms with van der Waals surface area (Å²) in [6, 6.07) is 6.63. The number of rotatable bonds is 5. The van der Waals surface area contributed by atoms with E-state index in [2.05, 4.69) is 42.1 Å². The second-order valence-corrected chi connectivity index (χ2v) is 7.07. The van der Waals surface area contributed by atoms with Crippen LogP contribution in [0.4, 0.5) is 8.78 Å². The van der Waals surface area contributed by atoms with E-state index in [4.69, 9.17) is 0 Å². The monoisotopic (exact) mass is 320 g/mol. The van der Waals surface area contributed by atoms with Crippen LogP contribution >= 0.6 is 0 Å². The lowest BCUT2D eigenvalue weighted by Crippen LogP contribution is -2.33. The molecule has 2 atom stereocenters. The molecule has 1 fully saturated rings. The standard InChI is InChI=1S/C18H22F2N2O/c1-17(2)13-8-9-18(17,3)15(10-13)22-21-11-12-6-4-5-7-14(12)23-16(19)20/h4-7,10-11,13,16,22H,8-9H2,1-3H3/b21-11-/t13-,18+/m1/s1. The molecule has 2 bridgehead atoms. The first-order valence-electron chi connectivity index (χ1n) is 7.90. The van der Waals surface area contributed by atoms with E-state index >= 15 is 0 Å². The molecule has 124 valence electrons. The molecule has 3 rings (SSSR count). The van der Waals surface area contributed by atoms with Crippen LogP contribution in [0.25, 0.3) is 0 Å². The molecular formula is C18H22F2N2O. The summed E-state index contributed by atoms with van der Waals surface area (Å²) in [4.78, 5) is 0. The highest BCUT2D eigenvalue weighted by Gasteiger charge is 2.57. The van der Waals surface area contributed by atoms with Crippen molar-refractivity contribution in [2.75, 3.05) is 0 Å². The van der Waals surface area contributed by atoms with Crippen LogP contribution in [0, 0.1) is 16.7 Å². The molecule has 2 aliphatic rings. The van der Waals surface area contributed by atoms with Gasteiger partial charge in [-0.1, -0.05) is 39.0 Å². The minimum Gasteiger partial charge on any atom is -0.434 e. The average molecular weight is 320 g/mol. The molecule has 1 aromatic carbocycles. The highest BCUT2D eigenvalue weighted by molar-refractivity contribution is 5.83. The number of hydrogen-bond donors (Lipinski definition) is 1. The largest absolute Gasteiger partial charge is 0.434 e. The molecule has 0 heterocycles. The molecule has 3 nitrogen and oxygen atoms in total. The van der Waals surface area contributed by atoms with Gasteiger partial charge in [0.05, 0.1) is 6.21 Å². The fraction of sp³-hybridized carbons (Fsp3) is 0.500. The van der Waals surface area contributed by atoms with E-state index in [9.17, 15) is 8.78 Å². The number of alkyl halides is 2. The first-order valence-corrected chi connectivity index (χ1v) is 7.90. The molecule has 1 saturated carbocycles. The first kappa shape index (κ1) is 16.0. The number of halogens is 2. The molecule has 0 spiro atoms. The lowest BCUT2D eigenvalue weighted by atomic mass is 9.69. The van der Waals surface area contributed by atoms with Crippen molar-refractivity contribution in [2.45, 2.75) is 40.2 Å². The van der Waals surface area contributed by atoms with Crippen molar-refractivity contribution in [3.8, 4) is 5.75 Å². The van der Waals surface area contributed by atoms with E-state index in [0.717, 1.165) is 12.1 Å². The Balaban J connectivity index is 1.73. The average Bonchev–Trinajstić information content (AvgIpc) is 2.82. The highest BCUT2D eigenvalue weighted by Crippen LogP contribution is 2.64. The number of ether oxygens (including phenoxy) is 1. The summed E-state index contributed by atoms with van der Waals surface area (Å²) in [5, 5.41) is 4.25. The zero-order chi connectivity index (χ0) is 16.7. The van der Waals surface area contributed by atoms with Crippen LogP contribution in [0.1, 0.15) is 39.2 Å². The molecule has 1 N–H and O–H groups in total. The van der Waals surface area contributed by atoms with Crippen LogP contribution in [-0.2, 0) is 0 Å². The number of benzene rings is 1. The van der Waals surface area contributed by atoms with Crippen molar-refractivity contribution in [2.24, 2.45) is 21.8 Å². The quantitative estimate of drug-likeness (QED) is 0.638. The van der Waals surface area contributed by atoms with Crippen LogP contribution < -0.4 is 10.2 Å². The predicted molar refractivity (Wildman–Crippen MR) is 86.5 cm³/mol. The first-order chi connectivity index (χ1) is 10.8. The lowest BCUT2D eigenvalue weighted by Gasteiger charge is -2.36. The zero-order valence-corrected chi connectivity index (χ0v) is 13.6. The Bertz CT molecular complexity index is 654. The molecule has 0 saturated heterocycles. The third-order valence-electron chi connectivity index (χ3n) is 5.79. The molecule has 23 heavy (non-hydrogen) atoms. The van der Waals surface area contributed by atoms with Crippen LogP contribution in [0.2, 0.25) is 0 Å². The maximum atomic E-state index is 12.4. The fourth-order valence-corrected chi connectivity index (χ4v) is 3.82. The summed E-state index contributed by atoms with van der Waals surface area (Å²) in [6.07, 6.45) is 6.15. The Morgan fingerprint density at radius 1 is 1.30 bits per heavy atom.